The first kappa shape index (κ1) is 15.2. The van der Waals surface area contributed by atoms with Gasteiger partial charge >= 0.3 is 0 Å². The third-order valence-electron chi connectivity index (χ3n) is 2.87. The highest BCUT2D eigenvalue weighted by Crippen LogP contribution is 2.19. The van der Waals surface area contributed by atoms with Gasteiger partial charge in [0.15, 0.2) is 11.5 Å². The second kappa shape index (κ2) is 8.18. The summed E-state index contributed by atoms with van der Waals surface area (Å²) in [6, 6.07) is 11.2. The van der Waals surface area contributed by atoms with Crippen molar-refractivity contribution in [2.24, 2.45) is 0 Å². The van der Waals surface area contributed by atoms with Crippen LogP contribution in [0.4, 0.5) is 0 Å². The predicted molar refractivity (Wildman–Crippen MR) is 79.0 cm³/mol. The number of ether oxygens (including phenoxy) is 1. The summed E-state index contributed by atoms with van der Waals surface area (Å²) in [5.41, 5.74) is 1.18. The van der Waals surface area contributed by atoms with Gasteiger partial charge in [0.05, 0.1) is 6.61 Å². The smallest absolute Gasteiger partial charge is 0.273 e. The van der Waals surface area contributed by atoms with E-state index >= 15 is 0 Å². The molecule has 0 aliphatic carbocycles. The van der Waals surface area contributed by atoms with Gasteiger partial charge < -0.3 is 19.9 Å². The Morgan fingerprint density at radius 2 is 2.05 bits per heavy atom. The lowest BCUT2D eigenvalue weighted by Gasteiger charge is -2.04. The number of aromatic nitrogens is 1. The summed E-state index contributed by atoms with van der Waals surface area (Å²) in [6.07, 6.45) is 0. The van der Waals surface area contributed by atoms with E-state index in [1.165, 1.54) is 0 Å². The van der Waals surface area contributed by atoms with Crippen molar-refractivity contribution in [3.63, 3.8) is 0 Å². The van der Waals surface area contributed by atoms with Crippen LogP contribution in [0.1, 0.15) is 10.5 Å². The van der Waals surface area contributed by atoms with Crippen molar-refractivity contribution in [2.75, 3.05) is 33.4 Å². The molecule has 2 rings (SSSR count). The predicted octanol–water partition coefficient (Wildman–Crippen LogP) is 1.31. The summed E-state index contributed by atoms with van der Waals surface area (Å²) >= 11 is 0. The van der Waals surface area contributed by atoms with E-state index in [9.17, 15) is 4.79 Å². The molecule has 1 heterocycles. The first-order chi connectivity index (χ1) is 10.3. The molecule has 0 fully saturated rings. The molecule has 0 bridgehead atoms. The van der Waals surface area contributed by atoms with Gasteiger partial charge in [-0.2, -0.15) is 0 Å². The maximum absolute atomic E-state index is 11.9. The highest BCUT2D eigenvalue weighted by Gasteiger charge is 2.12. The number of rotatable bonds is 8. The molecule has 0 atom stereocenters. The summed E-state index contributed by atoms with van der Waals surface area (Å²) in [7, 11) is 1.65. The molecule has 1 aromatic heterocycles. The summed E-state index contributed by atoms with van der Waals surface area (Å²) in [5.74, 6) is 0.341. The molecule has 2 N–H and O–H groups in total. The SMILES string of the molecule is COCCNCCNC(=O)c1cc(-c2ccccc2)on1. The van der Waals surface area contributed by atoms with E-state index in [0.29, 0.717) is 25.5 Å². The molecule has 0 aliphatic rings. The van der Waals surface area contributed by atoms with Crippen LogP contribution in [0.3, 0.4) is 0 Å². The van der Waals surface area contributed by atoms with Crippen molar-refractivity contribution >= 4 is 5.91 Å². The average molecular weight is 289 g/mol. The fourth-order valence-electron chi connectivity index (χ4n) is 1.77. The van der Waals surface area contributed by atoms with Crippen molar-refractivity contribution in [3.8, 4) is 11.3 Å². The van der Waals surface area contributed by atoms with Crippen LogP contribution in [0, 0.1) is 0 Å². The molecule has 6 heteroatoms. The molecular formula is C15H19N3O3. The third kappa shape index (κ3) is 4.70. The van der Waals surface area contributed by atoms with Crippen LogP contribution in [0.2, 0.25) is 0 Å². The molecule has 0 radical (unpaired) electrons. The van der Waals surface area contributed by atoms with Gasteiger partial charge in [-0.3, -0.25) is 4.79 Å². The van der Waals surface area contributed by atoms with Crippen molar-refractivity contribution in [1.29, 1.82) is 0 Å². The summed E-state index contributed by atoms with van der Waals surface area (Å²) in [4.78, 5) is 11.9. The second-order valence-electron chi connectivity index (χ2n) is 4.44. The minimum Gasteiger partial charge on any atom is -0.383 e. The van der Waals surface area contributed by atoms with Gasteiger partial charge in [-0.1, -0.05) is 35.5 Å². The van der Waals surface area contributed by atoms with Gasteiger partial charge in [0.2, 0.25) is 0 Å². The number of methoxy groups -OCH3 is 1. The zero-order valence-corrected chi connectivity index (χ0v) is 12.0. The number of nitrogens with one attached hydrogen (secondary N) is 2. The first-order valence-corrected chi connectivity index (χ1v) is 6.81. The molecule has 21 heavy (non-hydrogen) atoms. The van der Waals surface area contributed by atoms with Crippen LogP contribution in [0.15, 0.2) is 40.9 Å². The second-order valence-corrected chi connectivity index (χ2v) is 4.44. The third-order valence-corrected chi connectivity index (χ3v) is 2.87. The Hall–Kier alpha value is -2.18. The molecule has 0 aliphatic heterocycles. The van der Waals surface area contributed by atoms with E-state index in [2.05, 4.69) is 15.8 Å². The Morgan fingerprint density at radius 3 is 2.81 bits per heavy atom. The van der Waals surface area contributed by atoms with Crippen molar-refractivity contribution < 1.29 is 14.1 Å². The number of carbonyl (C=O) groups excluding carboxylic acids is 1. The topological polar surface area (TPSA) is 76.4 Å². The Labute approximate surface area is 123 Å². The van der Waals surface area contributed by atoms with Gasteiger partial charge in [-0.05, 0) is 0 Å². The molecule has 1 aromatic carbocycles. The Balaban J connectivity index is 1.80. The minimum atomic E-state index is -0.241. The Morgan fingerprint density at radius 1 is 1.24 bits per heavy atom. The lowest BCUT2D eigenvalue weighted by molar-refractivity contribution is 0.0944. The molecule has 112 valence electrons. The van der Waals surface area contributed by atoms with Gasteiger partial charge in [-0.25, -0.2) is 0 Å². The fraction of sp³-hybridized carbons (Fsp3) is 0.333. The van der Waals surface area contributed by atoms with E-state index in [4.69, 9.17) is 9.26 Å². The lowest BCUT2D eigenvalue weighted by Crippen LogP contribution is -2.33. The van der Waals surface area contributed by atoms with E-state index in [-0.39, 0.29) is 11.6 Å². The van der Waals surface area contributed by atoms with Crippen LogP contribution in [0.5, 0.6) is 0 Å². The van der Waals surface area contributed by atoms with Gasteiger partial charge in [-0.15, -0.1) is 0 Å². The number of hydrogen-bond acceptors (Lipinski definition) is 5. The van der Waals surface area contributed by atoms with Gasteiger partial charge in [0, 0.05) is 38.4 Å². The number of hydrogen-bond donors (Lipinski definition) is 2. The zero-order valence-electron chi connectivity index (χ0n) is 12.0. The van der Waals surface area contributed by atoms with Crippen molar-refractivity contribution in [1.82, 2.24) is 15.8 Å². The van der Waals surface area contributed by atoms with Crippen LogP contribution in [-0.4, -0.2) is 44.4 Å². The van der Waals surface area contributed by atoms with Crippen LogP contribution < -0.4 is 10.6 Å². The standard InChI is InChI=1S/C15H19N3O3/c1-20-10-9-16-7-8-17-15(19)13-11-14(21-18-13)12-5-3-2-4-6-12/h2-6,11,16H,7-10H2,1H3,(H,17,19). The molecule has 2 aromatic rings. The molecule has 0 unspecified atom stereocenters. The summed E-state index contributed by atoms with van der Waals surface area (Å²) in [6.45, 7) is 2.61. The highest BCUT2D eigenvalue weighted by molar-refractivity contribution is 5.93. The highest BCUT2D eigenvalue weighted by atomic mass is 16.5. The van der Waals surface area contributed by atoms with E-state index in [0.717, 1.165) is 12.1 Å². The van der Waals surface area contributed by atoms with Crippen LogP contribution >= 0.6 is 0 Å². The molecule has 6 nitrogen and oxygen atoms in total. The molecule has 0 saturated heterocycles. The van der Waals surface area contributed by atoms with Crippen molar-refractivity contribution in [2.45, 2.75) is 0 Å². The molecular weight excluding hydrogens is 270 g/mol. The monoisotopic (exact) mass is 289 g/mol. The normalized spacial score (nSPS) is 10.5. The average Bonchev–Trinajstić information content (AvgIpc) is 3.01. The molecule has 1 amide bonds. The van der Waals surface area contributed by atoms with Gasteiger partial charge in [0.25, 0.3) is 5.91 Å². The number of carbonyl (C=O) groups is 1. The van der Waals surface area contributed by atoms with E-state index in [1.54, 1.807) is 13.2 Å². The van der Waals surface area contributed by atoms with Gasteiger partial charge in [0.1, 0.15) is 0 Å². The minimum absolute atomic E-state index is 0.241. The van der Waals surface area contributed by atoms with E-state index in [1.807, 2.05) is 30.3 Å². The van der Waals surface area contributed by atoms with Crippen LogP contribution in [0.25, 0.3) is 11.3 Å². The molecule has 0 spiro atoms. The van der Waals surface area contributed by atoms with Crippen LogP contribution in [-0.2, 0) is 4.74 Å². The number of nitrogens with zero attached hydrogens (tertiary/aromatic N) is 1. The van der Waals surface area contributed by atoms with Crippen molar-refractivity contribution in [3.05, 3.63) is 42.1 Å². The van der Waals surface area contributed by atoms with E-state index < -0.39 is 0 Å². The molecule has 0 saturated carbocycles. The lowest BCUT2D eigenvalue weighted by atomic mass is 10.1. The number of amides is 1. The number of benzene rings is 1. The summed E-state index contributed by atoms with van der Waals surface area (Å²) < 4.78 is 10.1. The first-order valence-electron chi connectivity index (χ1n) is 6.81. The maximum atomic E-state index is 11.9. The fourth-order valence-corrected chi connectivity index (χ4v) is 1.77. The largest absolute Gasteiger partial charge is 0.383 e. The maximum Gasteiger partial charge on any atom is 0.273 e. The zero-order chi connectivity index (χ0) is 14.9. The Bertz CT molecular complexity index is 554. The summed E-state index contributed by atoms with van der Waals surface area (Å²) in [5, 5.41) is 9.71. The Kier molecular flexibility index (Phi) is 5.93. The quantitative estimate of drug-likeness (QED) is 0.717.